The number of para-hydroxylation sites is 1. The summed E-state index contributed by atoms with van der Waals surface area (Å²) in [5.41, 5.74) is 5.41. The molecule has 3 aromatic heterocycles. The van der Waals surface area contributed by atoms with Gasteiger partial charge in [-0.2, -0.15) is 5.10 Å². The number of H-pyrrole nitrogens is 1. The Balaban J connectivity index is 1.24. The summed E-state index contributed by atoms with van der Waals surface area (Å²) in [4.78, 5) is 16.0. The minimum absolute atomic E-state index is 0.522. The summed E-state index contributed by atoms with van der Waals surface area (Å²) >= 11 is 0. The van der Waals surface area contributed by atoms with Crippen LogP contribution in [0, 0.1) is 6.92 Å². The molecule has 5 rings (SSSR count). The van der Waals surface area contributed by atoms with Crippen molar-refractivity contribution in [1.82, 2.24) is 30.0 Å². The Morgan fingerprint density at radius 1 is 1.03 bits per heavy atom. The quantitative estimate of drug-likeness (QED) is 0.573. The van der Waals surface area contributed by atoms with Crippen LogP contribution >= 0.6 is 0 Å². The minimum Gasteiger partial charge on any atom is -0.296 e. The highest BCUT2D eigenvalue weighted by Crippen LogP contribution is 2.29. The van der Waals surface area contributed by atoms with Crippen molar-refractivity contribution in [1.29, 1.82) is 0 Å². The van der Waals surface area contributed by atoms with Gasteiger partial charge in [-0.05, 0) is 57.1 Å². The Morgan fingerprint density at radius 2 is 1.83 bits per heavy atom. The molecule has 0 saturated carbocycles. The van der Waals surface area contributed by atoms with Crippen molar-refractivity contribution in [2.45, 2.75) is 32.2 Å². The topological polar surface area (TPSA) is 70.6 Å². The summed E-state index contributed by atoms with van der Waals surface area (Å²) in [6.07, 6.45) is 5.84. The molecule has 6 heteroatoms. The fourth-order valence-corrected chi connectivity index (χ4v) is 4.18. The van der Waals surface area contributed by atoms with Crippen molar-refractivity contribution >= 4 is 10.9 Å². The SMILES string of the molecule is Cc1nc(CN2CCC(c3cc(-c4ccncc4)n[nH]3)CC2)nc2ccccc12. The standard InChI is InChI=1S/C23H24N6/c1-16-19-4-2-3-5-20(19)26-23(25-16)15-29-12-8-18(9-13-29)22-14-21(27-28-22)17-6-10-24-11-7-17/h2-7,10-11,14,18H,8-9,12-13,15H2,1H3,(H,27,28). The third kappa shape index (κ3) is 3.76. The lowest BCUT2D eigenvalue weighted by Crippen LogP contribution is -2.33. The molecule has 0 bridgehead atoms. The number of aromatic amines is 1. The Labute approximate surface area is 170 Å². The van der Waals surface area contributed by atoms with Gasteiger partial charge in [0.15, 0.2) is 0 Å². The lowest BCUT2D eigenvalue weighted by molar-refractivity contribution is 0.199. The average molecular weight is 384 g/mol. The smallest absolute Gasteiger partial charge is 0.143 e. The molecule has 0 atom stereocenters. The molecule has 4 aromatic rings. The molecule has 1 aliphatic rings. The van der Waals surface area contributed by atoms with Crippen LogP contribution in [0.25, 0.3) is 22.2 Å². The second kappa shape index (κ2) is 7.72. The van der Waals surface area contributed by atoms with Gasteiger partial charge in [-0.25, -0.2) is 9.97 Å². The van der Waals surface area contributed by atoms with Gasteiger partial charge in [-0.15, -0.1) is 0 Å². The minimum atomic E-state index is 0.522. The van der Waals surface area contributed by atoms with Gasteiger partial charge >= 0.3 is 0 Å². The van der Waals surface area contributed by atoms with Crippen LogP contribution in [0.4, 0.5) is 0 Å². The van der Waals surface area contributed by atoms with Crippen molar-refractivity contribution in [3.8, 4) is 11.3 Å². The van der Waals surface area contributed by atoms with Crippen LogP contribution in [0.1, 0.15) is 36.0 Å². The van der Waals surface area contributed by atoms with Gasteiger partial charge in [0, 0.05) is 40.6 Å². The number of likely N-dealkylation sites (tertiary alicyclic amines) is 1. The second-order valence-electron chi connectivity index (χ2n) is 7.74. The number of aryl methyl sites for hydroxylation is 1. The first-order chi connectivity index (χ1) is 14.3. The number of rotatable bonds is 4. The molecule has 1 aliphatic heterocycles. The van der Waals surface area contributed by atoms with Crippen LogP contribution in [-0.2, 0) is 6.54 Å². The van der Waals surface area contributed by atoms with E-state index in [2.05, 4.69) is 45.2 Å². The maximum Gasteiger partial charge on any atom is 0.143 e. The maximum atomic E-state index is 4.77. The van der Waals surface area contributed by atoms with E-state index in [4.69, 9.17) is 9.97 Å². The van der Waals surface area contributed by atoms with Crippen molar-refractivity contribution in [2.75, 3.05) is 13.1 Å². The van der Waals surface area contributed by atoms with Crippen molar-refractivity contribution < 1.29 is 0 Å². The lowest BCUT2D eigenvalue weighted by atomic mass is 9.93. The molecule has 0 unspecified atom stereocenters. The molecular weight excluding hydrogens is 360 g/mol. The average Bonchev–Trinajstić information content (AvgIpc) is 3.25. The van der Waals surface area contributed by atoms with Gasteiger partial charge in [-0.1, -0.05) is 18.2 Å². The monoisotopic (exact) mass is 384 g/mol. The largest absolute Gasteiger partial charge is 0.296 e. The highest BCUT2D eigenvalue weighted by atomic mass is 15.2. The molecule has 0 spiro atoms. The Hall–Kier alpha value is -3.12. The van der Waals surface area contributed by atoms with E-state index in [1.807, 2.05) is 24.3 Å². The van der Waals surface area contributed by atoms with Crippen LogP contribution in [0.5, 0.6) is 0 Å². The predicted octanol–water partition coefficient (Wildman–Crippen LogP) is 4.10. The highest BCUT2D eigenvalue weighted by molar-refractivity contribution is 5.80. The van der Waals surface area contributed by atoms with Crippen molar-refractivity contribution in [2.24, 2.45) is 0 Å². The molecule has 29 heavy (non-hydrogen) atoms. The van der Waals surface area contributed by atoms with Gasteiger partial charge in [0.25, 0.3) is 0 Å². The van der Waals surface area contributed by atoms with Crippen LogP contribution in [0.2, 0.25) is 0 Å². The van der Waals surface area contributed by atoms with Crippen LogP contribution in [-0.4, -0.2) is 43.1 Å². The molecule has 1 fully saturated rings. The predicted molar refractivity (Wildman–Crippen MR) is 113 cm³/mol. The van der Waals surface area contributed by atoms with E-state index in [0.717, 1.165) is 66.2 Å². The summed E-state index contributed by atoms with van der Waals surface area (Å²) in [6.45, 7) is 4.97. The summed E-state index contributed by atoms with van der Waals surface area (Å²) in [6, 6.07) is 14.4. The number of nitrogens with zero attached hydrogens (tertiary/aromatic N) is 5. The van der Waals surface area contributed by atoms with E-state index < -0.39 is 0 Å². The van der Waals surface area contributed by atoms with Gasteiger partial charge in [0.2, 0.25) is 0 Å². The molecule has 1 aromatic carbocycles. The summed E-state index contributed by atoms with van der Waals surface area (Å²) in [7, 11) is 0. The van der Waals surface area contributed by atoms with Crippen molar-refractivity contribution in [3.63, 3.8) is 0 Å². The molecule has 1 N–H and O–H groups in total. The third-order valence-electron chi connectivity index (χ3n) is 5.81. The summed E-state index contributed by atoms with van der Waals surface area (Å²) in [5.74, 6) is 1.44. The number of hydrogen-bond acceptors (Lipinski definition) is 5. The fourth-order valence-electron chi connectivity index (χ4n) is 4.18. The maximum absolute atomic E-state index is 4.77. The second-order valence-corrected chi connectivity index (χ2v) is 7.74. The first kappa shape index (κ1) is 17.9. The molecule has 0 aliphatic carbocycles. The van der Waals surface area contributed by atoms with Gasteiger partial charge in [0.05, 0.1) is 17.8 Å². The van der Waals surface area contributed by atoms with Crippen molar-refractivity contribution in [3.05, 3.63) is 72.1 Å². The first-order valence-electron chi connectivity index (χ1n) is 10.2. The van der Waals surface area contributed by atoms with Crippen LogP contribution in [0.15, 0.2) is 54.9 Å². The van der Waals surface area contributed by atoms with Gasteiger partial charge in [0.1, 0.15) is 5.82 Å². The molecule has 6 nitrogen and oxygen atoms in total. The number of hydrogen-bond donors (Lipinski definition) is 1. The summed E-state index contributed by atoms with van der Waals surface area (Å²) in [5, 5.41) is 8.89. The molecule has 4 heterocycles. The van der Waals surface area contributed by atoms with Gasteiger partial charge < -0.3 is 0 Å². The number of aromatic nitrogens is 5. The molecule has 1 saturated heterocycles. The van der Waals surface area contributed by atoms with E-state index in [0.29, 0.717) is 5.92 Å². The number of fused-ring (bicyclic) bond motifs is 1. The van der Waals surface area contributed by atoms with E-state index in [9.17, 15) is 0 Å². The van der Waals surface area contributed by atoms with Crippen LogP contribution < -0.4 is 0 Å². The van der Waals surface area contributed by atoms with E-state index in [-0.39, 0.29) is 0 Å². The molecule has 0 radical (unpaired) electrons. The molecule has 146 valence electrons. The van der Waals surface area contributed by atoms with Crippen LogP contribution in [0.3, 0.4) is 0 Å². The van der Waals surface area contributed by atoms with E-state index in [1.165, 1.54) is 5.69 Å². The van der Waals surface area contributed by atoms with Gasteiger partial charge in [-0.3, -0.25) is 15.0 Å². The molecule has 0 amide bonds. The zero-order valence-corrected chi connectivity index (χ0v) is 16.5. The number of nitrogens with one attached hydrogen (secondary N) is 1. The number of piperidine rings is 1. The zero-order chi connectivity index (χ0) is 19.6. The Kier molecular flexibility index (Phi) is 4.77. The Morgan fingerprint density at radius 3 is 2.66 bits per heavy atom. The number of pyridine rings is 1. The Bertz CT molecular complexity index is 1110. The highest BCUT2D eigenvalue weighted by Gasteiger charge is 2.23. The number of benzene rings is 1. The summed E-state index contributed by atoms with van der Waals surface area (Å²) < 4.78 is 0. The normalized spacial score (nSPS) is 15.8. The first-order valence-corrected chi connectivity index (χ1v) is 10.2. The lowest BCUT2D eigenvalue weighted by Gasteiger charge is -2.30. The zero-order valence-electron chi connectivity index (χ0n) is 16.5. The third-order valence-corrected chi connectivity index (χ3v) is 5.81. The fraction of sp³-hybridized carbons (Fsp3) is 0.304. The van der Waals surface area contributed by atoms with E-state index >= 15 is 0 Å². The van der Waals surface area contributed by atoms with E-state index in [1.54, 1.807) is 12.4 Å². The molecular formula is C23H24N6.